The molecule has 0 fully saturated rings. The van der Waals surface area contributed by atoms with Gasteiger partial charge in [0.25, 0.3) is 0 Å². The van der Waals surface area contributed by atoms with Gasteiger partial charge in [0.1, 0.15) is 0 Å². The average Bonchev–Trinajstić information content (AvgIpc) is 3.19. The Morgan fingerprint density at radius 1 is 0.371 bits per heavy atom. The highest BCUT2D eigenvalue weighted by Crippen LogP contribution is 2.57. The number of benzene rings is 9. The standard InChI is InChI=1S/C58H37N3S/c1-4-19-38(20-5-1)42-25-10-12-29-48(42)55-59-56(61-57(60-55)50-32-18-31-47-46-28-15-17-34-53(46)62-54(47)50)49-30-13-11-26-43(49)39-35-36-45-44-27-14-16-33-51(44)58(52(45)37-39,40-21-6-2-7-22-40)41-23-8-3-9-24-41/h1-37H/i2D,3D,6D,7D,8D,9D,14D,16D,21D,22D,23D,24D,27D,35D,36D,37D. The normalized spacial score (nSPS) is 16.3. The van der Waals surface area contributed by atoms with Crippen molar-refractivity contribution in [1.29, 1.82) is 0 Å². The molecule has 2 heterocycles. The third-order valence-corrected chi connectivity index (χ3v) is 12.5. The van der Waals surface area contributed by atoms with Crippen LogP contribution in [0.1, 0.15) is 44.2 Å². The Balaban J connectivity index is 1.22. The molecule has 62 heavy (non-hydrogen) atoms. The number of thiophene rings is 1. The van der Waals surface area contributed by atoms with Gasteiger partial charge in [0.15, 0.2) is 17.5 Å². The molecular weight excluding hydrogens is 771 g/mol. The second-order valence-electron chi connectivity index (χ2n) is 14.6. The molecule has 0 amide bonds. The monoisotopic (exact) mass is 823 g/mol. The van der Waals surface area contributed by atoms with Crippen LogP contribution in [0.5, 0.6) is 0 Å². The van der Waals surface area contributed by atoms with Gasteiger partial charge in [-0.05, 0) is 73.8 Å². The number of hydrogen-bond donors (Lipinski definition) is 0. The molecule has 1 aliphatic rings. The van der Waals surface area contributed by atoms with E-state index in [2.05, 4.69) is 0 Å². The van der Waals surface area contributed by atoms with Gasteiger partial charge >= 0.3 is 0 Å². The SMILES string of the molecule is [2H]c1cc2c(c([2H])c1[2H])-c1c([2H])c([2H])c(-c3ccccc3-c3nc(-c4ccccc4-c4ccccc4)nc(-c4cccc5c4sc4ccccc45)n3)c([2H])c1C2(c1c([2H])c([2H])c([2H])c([2H])c1[2H])c1c([2H])c([2H])c([2H])c([2H])c1[2H]. The van der Waals surface area contributed by atoms with Crippen molar-refractivity contribution in [2.75, 3.05) is 0 Å². The molecule has 0 aliphatic heterocycles. The minimum atomic E-state index is -2.77. The molecule has 9 aromatic carbocycles. The smallest absolute Gasteiger partial charge is 0.165 e. The van der Waals surface area contributed by atoms with Crippen molar-refractivity contribution in [3.05, 3.63) is 246 Å². The van der Waals surface area contributed by atoms with E-state index in [0.29, 0.717) is 11.1 Å². The van der Waals surface area contributed by atoms with E-state index in [1.165, 1.54) is 0 Å². The molecule has 290 valence electrons. The fraction of sp³-hybridized carbons (Fsp3) is 0.0172. The number of aromatic nitrogens is 3. The predicted octanol–water partition coefficient (Wildman–Crippen LogP) is 14.9. The first-order chi connectivity index (χ1) is 37.4. The lowest BCUT2D eigenvalue weighted by molar-refractivity contribution is 0.769. The summed E-state index contributed by atoms with van der Waals surface area (Å²) in [6.45, 7) is 0. The van der Waals surface area contributed by atoms with Crippen LogP contribution in [0.15, 0.2) is 224 Å². The van der Waals surface area contributed by atoms with Crippen LogP contribution >= 0.6 is 11.3 Å². The summed E-state index contributed by atoms with van der Waals surface area (Å²) in [5.74, 6) is 0.635. The van der Waals surface area contributed by atoms with Crippen LogP contribution in [-0.4, -0.2) is 15.0 Å². The van der Waals surface area contributed by atoms with Crippen LogP contribution in [0, 0.1) is 0 Å². The number of rotatable bonds is 7. The van der Waals surface area contributed by atoms with Crippen LogP contribution in [0.2, 0.25) is 0 Å². The Bertz CT molecular complexity index is 4300. The maximum absolute atomic E-state index is 10.6. The highest BCUT2D eigenvalue weighted by molar-refractivity contribution is 7.26. The summed E-state index contributed by atoms with van der Waals surface area (Å²) in [5, 5.41) is 2.03. The first-order valence-electron chi connectivity index (χ1n) is 27.7. The summed E-state index contributed by atoms with van der Waals surface area (Å²) in [4.78, 5) is 15.5. The second kappa shape index (κ2) is 14.7. The van der Waals surface area contributed by atoms with Gasteiger partial charge in [0, 0.05) is 36.9 Å². The van der Waals surface area contributed by atoms with Crippen LogP contribution in [0.4, 0.5) is 0 Å². The Labute approximate surface area is 386 Å². The largest absolute Gasteiger partial charge is 0.208 e. The summed E-state index contributed by atoms with van der Waals surface area (Å²) < 4.78 is 151. The first-order valence-corrected chi connectivity index (χ1v) is 20.5. The van der Waals surface area contributed by atoms with Gasteiger partial charge in [-0.25, -0.2) is 15.0 Å². The summed E-state index contributed by atoms with van der Waals surface area (Å²) in [6, 6.07) is 26.2. The molecule has 12 rings (SSSR count). The zero-order valence-corrected chi connectivity index (χ0v) is 33.2. The van der Waals surface area contributed by atoms with E-state index in [0.717, 1.165) is 37.4 Å². The quantitative estimate of drug-likeness (QED) is 0.161. The molecule has 0 radical (unpaired) electrons. The van der Waals surface area contributed by atoms with E-state index in [1.807, 2.05) is 97.1 Å². The van der Waals surface area contributed by atoms with E-state index in [-0.39, 0.29) is 45.3 Å². The molecular formula is C58H37N3S. The molecule has 0 saturated heterocycles. The molecule has 2 aromatic heterocycles. The highest BCUT2D eigenvalue weighted by Gasteiger charge is 2.46. The van der Waals surface area contributed by atoms with Crippen molar-refractivity contribution < 1.29 is 21.9 Å². The fourth-order valence-corrected chi connectivity index (χ4v) is 9.82. The minimum absolute atomic E-state index is 0.0781. The predicted molar refractivity (Wildman–Crippen MR) is 257 cm³/mol. The molecule has 0 atom stereocenters. The fourth-order valence-electron chi connectivity index (χ4n) is 8.61. The number of hydrogen-bond acceptors (Lipinski definition) is 4. The van der Waals surface area contributed by atoms with E-state index >= 15 is 0 Å². The molecule has 4 heteroatoms. The first kappa shape index (κ1) is 23.3. The van der Waals surface area contributed by atoms with Gasteiger partial charge < -0.3 is 0 Å². The highest BCUT2D eigenvalue weighted by atomic mass is 32.1. The summed E-state index contributed by atoms with van der Waals surface area (Å²) in [5.41, 5.74) is -2.65. The van der Waals surface area contributed by atoms with Crippen LogP contribution in [0.3, 0.4) is 0 Å². The topological polar surface area (TPSA) is 38.7 Å². The van der Waals surface area contributed by atoms with Crippen molar-refractivity contribution in [3.8, 4) is 67.5 Å². The van der Waals surface area contributed by atoms with E-state index < -0.39 is 124 Å². The summed E-state index contributed by atoms with van der Waals surface area (Å²) in [7, 11) is 0. The molecule has 1 aliphatic carbocycles. The Kier molecular flexibility index (Phi) is 5.53. The maximum atomic E-state index is 10.6. The van der Waals surface area contributed by atoms with E-state index in [1.54, 1.807) is 35.6 Å². The van der Waals surface area contributed by atoms with Crippen molar-refractivity contribution in [2.24, 2.45) is 0 Å². The molecule has 0 bridgehead atoms. The number of nitrogens with zero attached hydrogens (tertiary/aromatic N) is 3. The lowest BCUT2D eigenvalue weighted by Gasteiger charge is -2.34. The van der Waals surface area contributed by atoms with Gasteiger partial charge in [-0.15, -0.1) is 11.3 Å². The lowest BCUT2D eigenvalue weighted by Crippen LogP contribution is -2.28. The van der Waals surface area contributed by atoms with Gasteiger partial charge in [0.05, 0.1) is 27.3 Å². The van der Waals surface area contributed by atoms with Gasteiger partial charge in [-0.1, -0.05) is 206 Å². The van der Waals surface area contributed by atoms with Crippen molar-refractivity contribution in [3.63, 3.8) is 0 Å². The zero-order valence-electron chi connectivity index (χ0n) is 48.4. The average molecular weight is 824 g/mol. The molecule has 0 spiro atoms. The Morgan fingerprint density at radius 2 is 0.903 bits per heavy atom. The third kappa shape index (κ3) is 5.68. The Morgan fingerprint density at radius 3 is 1.60 bits per heavy atom. The third-order valence-electron chi connectivity index (χ3n) is 11.3. The molecule has 0 unspecified atom stereocenters. The van der Waals surface area contributed by atoms with E-state index in [9.17, 15) is 11.0 Å². The van der Waals surface area contributed by atoms with Crippen LogP contribution in [-0.2, 0) is 5.41 Å². The van der Waals surface area contributed by atoms with Crippen LogP contribution in [0.25, 0.3) is 87.7 Å². The maximum Gasteiger partial charge on any atom is 0.165 e. The van der Waals surface area contributed by atoms with Crippen molar-refractivity contribution in [1.82, 2.24) is 15.0 Å². The zero-order chi connectivity index (χ0) is 55.0. The van der Waals surface area contributed by atoms with Crippen LogP contribution < -0.4 is 0 Å². The van der Waals surface area contributed by atoms with Gasteiger partial charge in [0.2, 0.25) is 0 Å². The van der Waals surface area contributed by atoms with E-state index in [4.69, 9.17) is 25.9 Å². The summed E-state index contributed by atoms with van der Waals surface area (Å²) >= 11 is 1.58. The Hall–Kier alpha value is -7.79. The molecule has 3 nitrogen and oxygen atoms in total. The lowest BCUT2D eigenvalue weighted by atomic mass is 9.67. The van der Waals surface area contributed by atoms with Gasteiger partial charge in [-0.2, -0.15) is 0 Å². The van der Waals surface area contributed by atoms with Crippen molar-refractivity contribution >= 4 is 31.5 Å². The number of fused-ring (bicyclic) bond motifs is 6. The molecule has 0 N–H and O–H groups in total. The minimum Gasteiger partial charge on any atom is -0.208 e. The summed E-state index contributed by atoms with van der Waals surface area (Å²) in [6.07, 6.45) is 0. The molecule has 11 aromatic rings. The second-order valence-corrected chi connectivity index (χ2v) is 15.7. The molecule has 0 saturated carbocycles. The van der Waals surface area contributed by atoms with Crippen molar-refractivity contribution in [2.45, 2.75) is 5.41 Å². The van der Waals surface area contributed by atoms with Gasteiger partial charge in [-0.3, -0.25) is 0 Å².